The first kappa shape index (κ1) is 12.8. The molecule has 74 valence electrons. The summed E-state index contributed by atoms with van der Waals surface area (Å²) in [5.74, 6) is 0. The van der Waals surface area contributed by atoms with Crippen LogP contribution in [0.1, 0.15) is 34.6 Å². The Morgan fingerprint density at radius 1 is 1.38 bits per heavy atom. The molecule has 0 heterocycles. The summed E-state index contributed by atoms with van der Waals surface area (Å²) in [6.07, 6.45) is 3.79. The summed E-state index contributed by atoms with van der Waals surface area (Å²) in [6.45, 7) is 10.0. The third-order valence-electron chi connectivity index (χ3n) is 1.70. The van der Waals surface area contributed by atoms with E-state index in [4.69, 9.17) is 0 Å². The van der Waals surface area contributed by atoms with Crippen LogP contribution in [0, 0.1) is 0 Å². The second-order valence-electron chi connectivity index (χ2n) is 4.00. The summed E-state index contributed by atoms with van der Waals surface area (Å²) in [7, 11) is 0. The zero-order valence-electron chi connectivity index (χ0n) is 8.84. The molecule has 3 heteroatoms. The molecule has 0 aromatic rings. The maximum atomic E-state index is 10.7. The number of amides is 1. The molecule has 0 atom stereocenters. The molecule has 13 heavy (non-hydrogen) atoms. The van der Waals surface area contributed by atoms with Crippen molar-refractivity contribution in [2.45, 2.75) is 40.2 Å². The van der Waals surface area contributed by atoms with Crippen molar-refractivity contribution in [3.63, 3.8) is 0 Å². The van der Waals surface area contributed by atoms with Crippen molar-refractivity contribution in [1.82, 2.24) is 4.90 Å². The molecule has 0 rings (SSSR count). The topological polar surface area (TPSA) is 20.3 Å². The SMILES string of the molecule is C[C](=[W])/C(C)=C\N([C-]=O)C(C)(C)C. The van der Waals surface area contributed by atoms with Crippen LogP contribution in [0.25, 0.3) is 0 Å². The minimum atomic E-state index is -0.187. The van der Waals surface area contributed by atoms with Crippen LogP contribution in [-0.4, -0.2) is 20.7 Å². The van der Waals surface area contributed by atoms with Crippen molar-refractivity contribution in [3.8, 4) is 0 Å². The Hall–Kier alpha value is -0.232. The first-order valence-electron chi connectivity index (χ1n) is 4.15. The average molecular weight is 350 g/mol. The summed E-state index contributed by atoms with van der Waals surface area (Å²) in [5, 5.41) is 0. The predicted molar refractivity (Wildman–Crippen MR) is 51.7 cm³/mol. The second-order valence-corrected chi connectivity index (χ2v) is 6.20. The fourth-order valence-corrected chi connectivity index (χ4v) is 0.831. The van der Waals surface area contributed by atoms with Crippen molar-refractivity contribution in [2.75, 3.05) is 0 Å². The number of hydrogen-bond donors (Lipinski definition) is 0. The van der Waals surface area contributed by atoms with Gasteiger partial charge in [-0.2, -0.15) is 0 Å². The van der Waals surface area contributed by atoms with E-state index in [1.165, 1.54) is 23.3 Å². The molecule has 0 unspecified atom stereocenters. The van der Waals surface area contributed by atoms with Crippen molar-refractivity contribution >= 4 is 10.3 Å². The number of rotatable bonds is 3. The first-order valence-corrected chi connectivity index (χ1v) is 5.62. The van der Waals surface area contributed by atoms with E-state index in [2.05, 4.69) is 6.92 Å². The zero-order valence-corrected chi connectivity index (χ0v) is 11.8. The van der Waals surface area contributed by atoms with Gasteiger partial charge in [-0.25, -0.2) is 0 Å². The van der Waals surface area contributed by atoms with Crippen LogP contribution in [0.4, 0.5) is 0 Å². The van der Waals surface area contributed by atoms with Crippen molar-refractivity contribution in [1.29, 1.82) is 0 Å². The van der Waals surface area contributed by atoms with E-state index in [0.717, 1.165) is 5.57 Å². The summed E-state index contributed by atoms with van der Waals surface area (Å²) in [4.78, 5) is 12.2. The monoisotopic (exact) mass is 350 g/mol. The number of nitrogens with zero attached hydrogens (tertiary/aromatic N) is 1. The molecule has 0 saturated carbocycles. The van der Waals surface area contributed by atoms with Crippen LogP contribution in [0.3, 0.4) is 0 Å². The molecule has 0 spiro atoms. The van der Waals surface area contributed by atoms with Crippen LogP contribution in [0.5, 0.6) is 0 Å². The maximum absolute atomic E-state index is 10.7. The summed E-state index contributed by atoms with van der Waals surface area (Å²) >= 11 is 1.43. The molecular weight excluding hydrogens is 334 g/mol. The van der Waals surface area contributed by atoms with Gasteiger partial charge in [0.1, 0.15) is 0 Å². The molecule has 0 N–H and O–H groups in total. The van der Waals surface area contributed by atoms with Crippen LogP contribution < -0.4 is 0 Å². The minimum absolute atomic E-state index is 0.187. The summed E-state index contributed by atoms with van der Waals surface area (Å²) < 4.78 is 1.30. The molecule has 0 saturated heterocycles. The van der Waals surface area contributed by atoms with Crippen LogP contribution in [-0.2, 0) is 24.1 Å². The Labute approximate surface area is 91.4 Å². The normalized spacial score (nSPS) is 12.5. The van der Waals surface area contributed by atoms with Gasteiger partial charge in [-0.3, -0.25) is 0 Å². The molecule has 0 aliphatic rings. The third-order valence-corrected chi connectivity index (χ3v) is 2.86. The Morgan fingerprint density at radius 2 is 1.85 bits per heavy atom. The predicted octanol–water partition coefficient (Wildman–Crippen LogP) is 1.80. The average Bonchev–Trinajstić information content (AvgIpc) is 1.96. The van der Waals surface area contributed by atoms with Gasteiger partial charge in [0.25, 0.3) is 0 Å². The van der Waals surface area contributed by atoms with E-state index in [-0.39, 0.29) is 5.54 Å². The fraction of sp³-hybridized carbons (Fsp3) is 0.600. The Morgan fingerprint density at radius 3 is 2.08 bits per heavy atom. The van der Waals surface area contributed by atoms with Crippen molar-refractivity contribution < 1.29 is 24.1 Å². The molecule has 1 amide bonds. The molecule has 0 aliphatic carbocycles. The molecule has 0 aromatic heterocycles. The molecular formula is C10H16NOW-. The second kappa shape index (κ2) is 4.85. The van der Waals surface area contributed by atoms with E-state index in [9.17, 15) is 4.79 Å². The summed E-state index contributed by atoms with van der Waals surface area (Å²) in [6, 6.07) is 0. The number of allylic oxidation sites excluding steroid dienone is 1. The molecule has 0 bridgehead atoms. The van der Waals surface area contributed by atoms with E-state index < -0.39 is 0 Å². The standard InChI is InChI=1S/C10H16NO.W/c1-6-9(2)7-11(8-12)10(3,4)5;/h7H,1-5H3;/q-1;/b9-7-;. The van der Waals surface area contributed by atoms with E-state index >= 15 is 0 Å². The van der Waals surface area contributed by atoms with Crippen LogP contribution >= 0.6 is 0 Å². The van der Waals surface area contributed by atoms with Crippen LogP contribution in [0.15, 0.2) is 11.8 Å². The van der Waals surface area contributed by atoms with Gasteiger partial charge in [0.15, 0.2) is 0 Å². The molecule has 0 fully saturated rings. The first-order chi connectivity index (χ1) is 5.79. The van der Waals surface area contributed by atoms with Gasteiger partial charge < -0.3 is 0 Å². The number of carbonyl (C=O) groups excluding carboxylic acids is 1. The quantitative estimate of drug-likeness (QED) is 0.562. The molecule has 2 nitrogen and oxygen atoms in total. The van der Waals surface area contributed by atoms with Crippen molar-refractivity contribution in [2.24, 2.45) is 0 Å². The molecule has 0 radical (unpaired) electrons. The van der Waals surface area contributed by atoms with Gasteiger partial charge in [0.2, 0.25) is 0 Å². The van der Waals surface area contributed by atoms with Gasteiger partial charge >= 0.3 is 91.3 Å². The van der Waals surface area contributed by atoms with E-state index in [0.29, 0.717) is 0 Å². The van der Waals surface area contributed by atoms with Crippen LogP contribution in [0.2, 0.25) is 0 Å². The van der Waals surface area contributed by atoms with E-state index in [1.54, 1.807) is 4.90 Å². The Bertz CT molecular complexity index is 238. The van der Waals surface area contributed by atoms with Crippen molar-refractivity contribution in [3.05, 3.63) is 11.8 Å². The summed E-state index contributed by atoms with van der Waals surface area (Å²) in [5.41, 5.74) is 0.960. The third kappa shape index (κ3) is 4.52. The molecule has 0 aliphatic heterocycles. The zero-order chi connectivity index (χ0) is 10.6. The fourth-order valence-electron chi connectivity index (χ4n) is 0.641. The van der Waals surface area contributed by atoms with Gasteiger partial charge in [-0.05, 0) is 0 Å². The van der Waals surface area contributed by atoms with Gasteiger partial charge in [0, 0.05) is 0 Å². The van der Waals surface area contributed by atoms with Gasteiger partial charge in [0.05, 0.1) is 0 Å². The van der Waals surface area contributed by atoms with Gasteiger partial charge in [-0.15, -0.1) is 0 Å². The van der Waals surface area contributed by atoms with E-state index in [1.807, 2.05) is 40.3 Å². The molecule has 0 aromatic carbocycles. The Kier molecular flexibility index (Phi) is 4.77. The Balaban J connectivity index is 4.74. The van der Waals surface area contributed by atoms with Gasteiger partial charge in [-0.1, -0.05) is 0 Å². The number of hydrogen-bond acceptors (Lipinski definition) is 1.